The summed E-state index contributed by atoms with van der Waals surface area (Å²) in [5.74, 6) is -0.415. The predicted octanol–water partition coefficient (Wildman–Crippen LogP) is 4.20. The predicted molar refractivity (Wildman–Crippen MR) is 118 cm³/mol. The fourth-order valence-corrected chi connectivity index (χ4v) is 2.92. The molecular weight excluding hydrogens is 360 g/mol. The number of nitrogens with one attached hydrogen (secondary N) is 2. The van der Waals surface area contributed by atoms with E-state index in [0.29, 0.717) is 12.8 Å². The topological polar surface area (TPSA) is 58.2 Å². The lowest BCUT2D eigenvalue weighted by Gasteiger charge is -2.21. The van der Waals surface area contributed by atoms with Gasteiger partial charge < -0.3 is 10.6 Å². The number of benzene rings is 2. The van der Waals surface area contributed by atoms with Crippen molar-refractivity contribution in [2.24, 2.45) is 0 Å². The minimum atomic E-state index is -0.361. The Balaban J connectivity index is 1.95. The summed E-state index contributed by atoms with van der Waals surface area (Å²) in [6.07, 6.45) is 6.16. The highest BCUT2D eigenvalue weighted by molar-refractivity contribution is 5.85. The van der Waals surface area contributed by atoms with Gasteiger partial charge in [-0.2, -0.15) is 0 Å². The van der Waals surface area contributed by atoms with Gasteiger partial charge in [0.05, 0.1) is 12.6 Å². The van der Waals surface area contributed by atoms with Crippen LogP contribution in [0.3, 0.4) is 0 Å². The van der Waals surface area contributed by atoms with E-state index >= 15 is 0 Å². The Bertz CT molecular complexity index is 867. The van der Waals surface area contributed by atoms with Gasteiger partial charge in [-0.3, -0.25) is 9.59 Å². The second kappa shape index (κ2) is 11.4. The van der Waals surface area contributed by atoms with E-state index < -0.39 is 0 Å². The Morgan fingerprint density at radius 1 is 1.00 bits per heavy atom. The maximum atomic E-state index is 12.5. The Kier molecular flexibility index (Phi) is 8.64. The highest BCUT2D eigenvalue weighted by Crippen LogP contribution is 2.23. The van der Waals surface area contributed by atoms with Crippen molar-refractivity contribution in [1.82, 2.24) is 10.6 Å². The maximum Gasteiger partial charge on any atom is 0.240 e. The summed E-state index contributed by atoms with van der Waals surface area (Å²) >= 11 is 0. The largest absolute Gasteiger partial charge is 0.347 e. The van der Waals surface area contributed by atoms with Gasteiger partial charge in [-0.1, -0.05) is 91.5 Å². The summed E-state index contributed by atoms with van der Waals surface area (Å²) < 4.78 is 0. The number of rotatable bonds is 10. The maximum absolute atomic E-state index is 12.5. The summed E-state index contributed by atoms with van der Waals surface area (Å²) in [6.45, 7) is 9.51. The molecule has 0 fully saturated rings. The molecule has 1 unspecified atom stereocenters. The fraction of sp³-hybridized carbons (Fsp3) is 0.200. The molecule has 150 valence electrons. The van der Waals surface area contributed by atoms with Gasteiger partial charge >= 0.3 is 0 Å². The molecule has 2 aromatic rings. The molecule has 0 spiro atoms. The number of allylic oxidation sites excluding steroid dienone is 2. The van der Waals surface area contributed by atoms with Crippen molar-refractivity contribution in [3.05, 3.63) is 108 Å². The summed E-state index contributed by atoms with van der Waals surface area (Å²) in [5, 5.41) is 5.67. The summed E-state index contributed by atoms with van der Waals surface area (Å²) in [5.41, 5.74) is 3.99. The Morgan fingerprint density at radius 3 is 2.31 bits per heavy atom. The highest BCUT2D eigenvalue weighted by atomic mass is 16.2. The molecule has 2 rings (SSSR count). The van der Waals surface area contributed by atoms with Crippen LogP contribution in [0, 0.1) is 6.92 Å². The van der Waals surface area contributed by atoms with Crippen LogP contribution < -0.4 is 10.6 Å². The molecule has 0 saturated carbocycles. The van der Waals surface area contributed by atoms with E-state index in [1.807, 2.05) is 67.6 Å². The Hall–Kier alpha value is -3.40. The standard InChI is InChI=1S/C25H28N2O2/c1-4-9-21(5-2)25(22-15-12-19(3)13-16-22)27-24(29)18-26-23(28)17-14-20-10-7-6-8-11-20/h4-13,15-16,25H,1-2,14,17-18H2,3H3,(H,26,28)(H,27,29)/b21-9+. The number of hydrogen-bond acceptors (Lipinski definition) is 2. The van der Waals surface area contributed by atoms with Crippen LogP contribution in [-0.4, -0.2) is 18.4 Å². The van der Waals surface area contributed by atoms with Crippen LogP contribution in [0.25, 0.3) is 0 Å². The first kappa shape index (κ1) is 21.9. The zero-order valence-corrected chi connectivity index (χ0v) is 16.9. The molecule has 0 heterocycles. The zero-order valence-electron chi connectivity index (χ0n) is 16.9. The van der Waals surface area contributed by atoms with Crippen molar-refractivity contribution in [3.63, 3.8) is 0 Å². The monoisotopic (exact) mass is 388 g/mol. The number of aryl methyl sites for hydroxylation is 2. The highest BCUT2D eigenvalue weighted by Gasteiger charge is 2.17. The number of carbonyl (C=O) groups is 2. The van der Waals surface area contributed by atoms with Gasteiger partial charge in [0.2, 0.25) is 11.8 Å². The van der Waals surface area contributed by atoms with E-state index in [4.69, 9.17) is 0 Å². The second-order valence-electron chi connectivity index (χ2n) is 6.78. The van der Waals surface area contributed by atoms with Crippen LogP contribution in [0.15, 0.2) is 91.6 Å². The van der Waals surface area contributed by atoms with Crippen molar-refractivity contribution in [3.8, 4) is 0 Å². The van der Waals surface area contributed by atoms with E-state index in [1.54, 1.807) is 12.2 Å². The van der Waals surface area contributed by atoms with Crippen molar-refractivity contribution in [2.75, 3.05) is 6.54 Å². The smallest absolute Gasteiger partial charge is 0.240 e. The molecule has 2 N–H and O–H groups in total. The van der Waals surface area contributed by atoms with Gasteiger partial charge in [-0.05, 0) is 30.0 Å². The number of carbonyl (C=O) groups excluding carboxylic acids is 2. The van der Waals surface area contributed by atoms with Crippen molar-refractivity contribution in [2.45, 2.75) is 25.8 Å². The first-order valence-corrected chi connectivity index (χ1v) is 9.65. The molecule has 0 aliphatic carbocycles. The van der Waals surface area contributed by atoms with Gasteiger partial charge in [-0.25, -0.2) is 0 Å². The molecule has 0 radical (unpaired) electrons. The minimum Gasteiger partial charge on any atom is -0.347 e. The van der Waals surface area contributed by atoms with E-state index in [1.165, 1.54) is 0 Å². The van der Waals surface area contributed by atoms with Crippen LogP contribution >= 0.6 is 0 Å². The van der Waals surface area contributed by atoms with Gasteiger partial charge in [0.15, 0.2) is 0 Å². The summed E-state index contributed by atoms with van der Waals surface area (Å²) in [6, 6.07) is 17.4. The van der Waals surface area contributed by atoms with Gasteiger partial charge in [0.25, 0.3) is 0 Å². The van der Waals surface area contributed by atoms with Gasteiger partial charge in [0, 0.05) is 6.42 Å². The lowest BCUT2D eigenvalue weighted by molar-refractivity contribution is -0.126. The molecule has 4 nitrogen and oxygen atoms in total. The van der Waals surface area contributed by atoms with Crippen LogP contribution in [0.2, 0.25) is 0 Å². The quantitative estimate of drug-likeness (QED) is 0.599. The van der Waals surface area contributed by atoms with Crippen molar-refractivity contribution >= 4 is 11.8 Å². The lowest BCUT2D eigenvalue weighted by Crippen LogP contribution is -2.39. The molecule has 0 aromatic heterocycles. The third kappa shape index (κ3) is 7.26. The average Bonchev–Trinajstić information content (AvgIpc) is 2.74. The van der Waals surface area contributed by atoms with Crippen LogP contribution in [0.4, 0.5) is 0 Å². The molecule has 1 atom stereocenters. The third-order valence-corrected chi connectivity index (χ3v) is 4.53. The van der Waals surface area contributed by atoms with Gasteiger partial charge in [-0.15, -0.1) is 0 Å². The van der Waals surface area contributed by atoms with Crippen LogP contribution in [-0.2, 0) is 16.0 Å². The molecule has 0 bridgehead atoms. The van der Waals surface area contributed by atoms with E-state index in [0.717, 1.165) is 22.3 Å². The van der Waals surface area contributed by atoms with E-state index in [-0.39, 0.29) is 24.4 Å². The van der Waals surface area contributed by atoms with Gasteiger partial charge in [0.1, 0.15) is 0 Å². The average molecular weight is 389 g/mol. The minimum absolute atomic E-state index is 0.0749. The van der Waals surface area contributed by atoms with Crippen LogP contribution in [0.1, 0.15) is 29.2 Å². The molecule has 0 aliphatic rings. The van der Waals surface area contributed by atoms with E-state index in [9.17, 15) is 9.59 Å². The molecular formula is C25H28N2O2. The molecule has 2 amide bonds. The lowest BCUT2D eigenvalue weighted by atomic mass is 9.97. The third-order valence-electron chi connectivity index (χ3n) is 4.53. The number of hydrogen-bond donors (Lipinski definition) is 2. The first-order chi connectivity index (χ1) is 14.0. The SMILES string of the molecule is C=C/C=C(\C=C)C(NC(=O)CNC(=O)CCc1ccccc1)c1ccc(C)cc1. The molecule has 2 aromatic carbocycles. The Labute approximate surface area is 173 Å². The summed E-state index contributed by atoms with van der Waals surface area (Å²) in [7, 11) is 0. The van der Waals surface area contributed by atoms with Crippen LogP contribution in [0.5, 0.6) is 0 Å². The summed E-state index contributed by atoms with van der Waals surface area (Å²) in [4.78, 5) is 24.6. The molecule has 4 heteroatoms. The molecule has 29 heavy (non-hydrogen) atoms. The molecule has 0 saturated heterocycles. The Morgan fingerprint density at radius 2 is 1.69 bits per heavy atom. The zero-order chi connectivity index (χ0) is 21.1. The normalized spacial score (nSPS) is 12.0. The fourth-order valence-electron chi connectivity index (χ4n) is 2.92. The van der Waals surface area contributed by atoms with Crippen molar-refractivity contribution in [1.29, 1.82) is 0 Å². The first-order valence-electron chi connectivity index (χ1n) is 9.65. The number of amides is 2. The molecule has 0 aliphatic heterocycles. The van der Waals surface area contributed by atoms with E-state index in [2.05, 4.69) is 23.8 Å². The second-order valence-corrected chi connectivity index (χ2v) is 6.78. The van der Waals surface area contributed by atoms with Crippen molar-refractivity contribution < 1.29 is 9.59 Å².